The van der Waals surface area contributed by atoms with Crippen molar-refractivity contribution in [2.45, 2.75) is 36.7 Å². The summed E-state index contributed by atoms with van der Waals surface area (Å²) in [6.07, 6.45) is 1.82. The van der Waals surface area contributed by atoms with Gasteiger partial charge in [0.2, 0.25) is 5.91 Å². The van der Waals surface area contributed by atoms with Crippen molar-refractivity contribution in [3.63, 3.8) is 0 Å². The second kappa shape index (κ2) is 9.49. The molecule has 4 rings (SSSR count). The molecule has 0 unspecified atom stereocenters. The van der Waals surface area contributed by atoms with E-state index in [1.54, 1.807) is 35.2 Å². The summed E-state index contributed by atoms with van der Waals surface area (Å²) in [4.78, 5) is 14.6. The molecule has 1 aliphatic rings. The Labute approximate surface area is 196 Å². The summed E-state index contributed by atoms with van der Waals surface area (Å²) in [5.41, 5.74) is 1.30. The fraction of sp³-hybridized carbons (Fsp3) is 0.208. The largest absolute Gasteiger partial charge is 0.335 e. The molecule has 0 aliphatic heterocycles. The van der Waals surface area contributed by atoms with Gasteiger partial charge in [0.05, 0.1) is 17.9 Å². The van der Waals surface area contributed by atoms with Gasteiger partial charge in [0.15, 0.2) is 0 Å². The lowest BCUT2D eigenvalue weighted by atomic mass is 10.1. The van der Waals surface area contributed by atoms with Crippen molar-refractivity contribution >= 4 is 33.2 Å². The van der Waals surface area contributed by atoms with Crippen LogP contribution in [-0.4, -0.2) is 25.3 Å². The molecule has 1 amide bonds. The molecule has 0 aromatic heterocycles. The second-order valence-corrected chi connectivity index (χ2v) is 9.98. The van der Waals surface area contributed by atoms with Crippen LogP contribution in [0.1, 0.15) is 24.0 Å². The molecule has 33 heavy (non-hydrogen) atoms. The maximum absolute atomic E-state index is 14.2. The summed E-state index contributed by atoms with van der Waals surface area (Å²) in [5.74, 6) is -1.13. The van der Waals surface area contributed by atoms with E-state index in [2.05, 4.69) is 4.72 Å². The van der Waals surface area contributed by atoms with E-state index >= 15 is 0 Å². The molecule has 0 radical (unpaired) electrons. The van der Waals surface area contributed by atoms with Gasteiger partial charge in [-0.1, -0.05) is 29.8 Å². The molecule has 172 valence electrons. The average molecular weight is 491 g/mol. The first-order valence-corrected chi connectivity index (χ1v) is 12.2. The normalized spacial score (nSPS) is 13.5. The van der Waals surface area contributed by atoms with E-state index in [0.717, 1.165) is 25.0 Å². The van der Waals surface area contributed by atoms with E-state index in [-0.39, 0.29) is 34.8 Å². The van der Waals surface area contributed by atoms with Gasteiger partial charge in [-0.3, -0.25) is 9.52 Å². The van der Waals surface area contributed by atoms with E-state index in [1.165, 1.54) is 24.3 Å². The molecule has 0 atom stereocenters. The molecule has 3 aromatic carbocycles. The predicted octanol–water partition coefficient (Wildman–Crippen LogP) is 5.15. The van der Waals surface area contributed by atoms with Gasteiger partial charge in [-0.15, -0.1) is 0 Å². The summed E-state index contributed by atoms with van der Waals surface area (Å²) in [7, 11) is -3.87. The molecule has 0 saturated heterocycles. The maximum atomic E-state index is 14.2. The number of halogens is 3. The Hall–Kier alpha value is -2.97. The number of sulfonamides is 1. The number of carbonyl (C=O) groups is 1. The maximum Gasteiger partial charge on any atom is 0.261 e. The molecule has 0 heterocycles. The lowest BCUT2D eigenvalue weighted by Crippen LogP contribution is -2.34. The van der Waals surface area contributed by atoms with Gasteiger partial charge in [0, 0.05) is 22.3 Å². The molecule has 3 aromatic rings. The molecular weight excluding hydrogens is 470 g/mol. The minimum absolute atomic E-state index is 0.0602. The molecule has 5 nitrogen and oxygen atoms in total. The Balaban J connectivity index is 1.43. The summed E-state index contributed by atoms with van der Waals surface area (Å²) < 4.78 is 54.6. The van der Waals surface area contributed by atoms with Crippen molar-refractivity contribution in [2.24, 2.45) is 0 Å². The number of anilines is 1. The first-order valence-electron chi connectivity index (χ1n) is 10.3. The van der Waals surface area contributed by atoms with E-state index < -0.39 is 21.7 Å². The zero-order chi connectivity index (χ0) is 23.6. The Morgan fingerprint density at radius 1 is 1.00 bits per heavy atom. The second-order valence-electron chi connectivity index (χ2n) is 7.89. The molecular formula is C24H21ClF2N2O3S. The fourth-order valence-corrected chi connectivity index (χ4v) is 4.74. The molecule has 1 aliphatic carbocycles. The van der Waals surface area contributed by atoms with Crippen LogP contribution < -0.4 is 4.72 Å². The zero-order valence-corrected chi connectivity index (χ0v) is 19.0. The van der Waals surface area contributed by atoms with Crippen LogP contribution in [0.3, 0.4) is 0 Å². The predicted molar refractivity (Wildman–Crippen MR) is 122 cm³/mol. The lowest BCUT2D eigenvalue weighted by molar-refractivity contribution is -0.131. The van der Waals surface area contributed by atoms with Gasteiger partial charge >= 0.3 is 0 Å². The summed E-state index contributed by atoms with van der Waals surface area (Å²) >= 11 is 6.13. The van der Waals surface area contributed by atoms with Crippen molar-refractivity contribution in [3.05, 3.63) is 94.5 Å². The molecule has 9 heteroatoms. The van der Waals surface area contributed by atoms with Crippen molar-refractivity contribution < 1.29 is 22.0 Å². The molecule has 1 fully saturated rings. The van der Waals surface area contributed by atoms with Crippen molar-refractivity contribution in [1.29, 1.82) is 0 Å². The number of amides is 1. The van der Waals surface area contributed by atoms with E-state index in [0.29, 0.717) is 16.8 Å². The van der Waals surface area contributed by atoms with Crippen molar-refractivity contribution in [2.75, 3.05) is 4.72 Å². The third kappa shape index (κ3) is 5.69. The van der Waals surface area contributed by atoms with Crippen molar-refractivity contribution in [3.8, 4) is 0 Å². The highest BCUT2D eigenvalue weighted by Gasteiger charge is 2.33. The molecule has 1 saturated carbocycles. The highest BCUT2D eigenvalue weighted by Crippen LogP contribution is 2.31. The number of hydrogen-bond acceptors (Lipinski definition) is 3. The number of hydrogen-bond donors (Lipinski definition) is 1. The van der Waals surface area contributed by atoms with E-state index in [4.69, 9.17) is 11.6 Å². The molecule has 0 spiro atoms. The van der Waals surface area contributed by atoms with Gasteiger partial charge < -0.3 is 4.90 Å². The van der Waals surface area contributed by atoms with Crippen LogP contribution in [0.2, 0.25) is 5.02 Å². The third-order valence-electron chi connectivity index (χ3n) is 5.38. The van der Waals surface area contributed by atoms with Gasteiger partial charge in [-0.05, 0) is 66.9 Å². The van der Waals surface area contributed by atoms with Crippen LogP contribution in [0.5, 0.6) is 0 Å². The monoisotopic (exact) mass is 490 g/mol. The van der Waals surface area contributed by atoms with Gasteiger partial charge in [-0.2, -0.15) is 0 Å². The van der Waals surface area contributed by atoms with E-state index in [9.17, 15) is 22.0 Å². The van der Waals surface area contributed by atoms with Crippen LogP contribution in [0.4, 0.5) is 14.5 Å². The van der Waals surface area contributed by atoms with Crippen LogP contribution in [0.15, 0.2) is 71.6 Å². The Bertz CT molecular complexity index is 1240. The third-order valence-corrected chi connectivity index (χ3v) is 7.13. The highest BCUT2D eigenvalue weighted by atomic mass is 35.5. The first-order chi connectivity index (χ1) is 15.7. The summed E-state index contributed by atoms with van der Waals surface area (Å²) in [6.45, 7) is 0.102. The Kier molecular flexibility index (Phi) is 6.67. The van der Waals surface area contributed by atoms with Crippen LogP contribution in [-0.2, 0) is 27.8 Å². The van der Waals surface area contributed by atoms with E-state index in [1.807, 2.05) is 0 Å². The summed E-state index contributed by atoms with van der Waals surface area (Å²) in [6, 6.07) is 15.4. The minimum Gasteiger partial charge on any atom is -0.335 e. The fourth-order valence-electron chi connectivity index (χ4n) is 3.46. The Morgan fingerprint density at radius 2 is 1.67 bits per heavy atom. The summed E-state index contributed by atoms with van der Waals surface area (Å²) in [5, 5.41) is 0.284. The standard InChI is InChI=1S/C24H21ClF2N2O3S/c25-22-2-1-3-23(27)21(22)15-29(19-10-11-19)24(30)14-16-4-8-18(9-5-16)28-33(31,32)20-12-6-17(26)7-13-20/h1-9,12-13,19,28H,10-11,14-15H2. The number of nitrogens with zero attached hydrogens (tertiary/aromatic N) is 1. The number of nitrogens with one attached hydrogen (secondary N) is 1. The van der Waals surface area contributed by atoms with Gasteiger partial charge in [0.1, 0.15) is 11.6 Å². The highest BCUT2D eigenvalue weighted by molar-refractivity contribution is 7.92. The van der Waals surface area contributed by atoms with Crippen LogP contribution in [0, 0.1) is 11.6 Å². The Morgan fingerprint density at radius 3 is 2.27 bits per heavy atom. The smallest absolute Gasteiger partial charge is 0.261 e. The topological polar surface area (TPSA) is 66.5 Å². The SMILES string of the molecule is O=C(Cc1ccc(NS(=O)(=O)c2ccc(F)cc2)cc1)N(Cc1c(F)cccc1Cl)C1CC1. The molecule has 1 N–H and O–H groups in total. The van der Waals surface area contributed by atoms with Crippen LogP contribution in [0.25, 0.3) is 0 Å². The zero-order valence-electron chi connectivity index (χ0n) is 17.5. The number of carbonyl (C=O) groups excluding carboxylic acids is 1. The average Bonchev–Trinajstić information content (AvgIpc) is 3.60. The lowest BCUT2D eigenvalue weighted by Gasteiger charge is -2.23. The quantitative estimate of drug-likeness (QED) is 0.474. The van der Waals surface area contributed by atoms with Crippen LogP contribution >= 0.6 is 11.6 Å². The van der Waals surface area contributed by atoms with Gasteiger partial charge in [0.25, 0.3) is 10.0 Å². The van der Waals surface area contributed by atoms with Gasteiger partial charge in [-0.25, -0.2) is 17.2 Å². The minimum atomic E-state index is -3.87. The first kappa shape index (κ1) is 23.2. The van der Waals surface area contributed by atoms with Crippen molar-refractivity contribution in [1.82, 2.24) is 4.90 Å². The molecule has 0 bridgehead atoms. The number of rotatable bonds is 8. The number of benzene rings is 3.